The Hall–Kier alpha value is -0.940. The predicted octanol–water partition coefficient (Wildman–Crippen LogP) is 2.56. The molecule has 1 aromatic heterocycles. The van der Waals surface area contributed by atoms with Crippen LogP contribution in [0.15, 0.2) is 4.52 Å². The van der Waals surface area contributed by atoms with Gasteiger partial charge in [0, 0.05) is 19.1 Å². The number of hydrogen-bond acceptors (Lipinski definition) is 5. The third kappa shape index (κ3) is 6.68. The summed E-state index contributed by atoms with van der Waals surface area (Å²) in [5, 5.41) is 7.41. The maximum Gasteiger partial charge on any atom is 0.228 e. The van der Waals surface area contributed by atoms with Crippen LogP contribution in [0.1, 0.15) is 52.3 Å². The van der Waals surface area contributed by atoms with Crippen LogP contribution in [0.5, 0.6) is 0 Å². The standard InChI is InChI=1S/C14H27N3O2/c1-5-7-18-10-13-16-14(19-17-13)9-12(15-6-2)8-11(3)4/h11-12,15H,5-10H2,1-4H3. The van der Waals surface area contributed by atoms with Gasteiger partial charge in [-0.2, -0.15) is 4.98 Å². The van der Waals surface area contributed by atoms with Gasteiger partial charge in [0.1, 0.15) is 6.61 Å². The number of nitrogens with one attached hydrogen (secondary N) is 1. The highest BCUT2D eigenvalue weighted by Gasteiger charge is 2.15. The molecule has 5 nitrogen and oxygen atoms in total. The smallest absolute Gasteiger partial charge is 0.228 e. The first-order valence-corrected chi connectivity index (χ1v) is 7.28. The van der Waals surface area contributed by atoms with Crippen molar-refractivity contribution >= 4 is 0 Å². The van der Waals surface area contributed by atoms with Crippen molar-refractivity contribution < 1.29 is 9.26 Å². The van der Waals surface area contributed by atoms with Gasteiger partial charge < -0.3 is 14.6 Å². The molecule has 110 valence electrons. The average Bonchev–Trinajstić information content (AvgIpc) is 2.76. The molecule has 19 heavy (non-hydrogen) atoms. The van der Waals surface area contributed by atoms with Crippen LogP contribution >= 0.6 is 0 Å². The Bertz CT molecular complexity index is 339. The highest BCUT2D eigenvalue weighted by atomic mass is 16.5. The molecule has 1 N–H and O–H groups in total. The molecule has 0 amide bonds. The van der Waals surface area contributed by atoms with E-state index in [0.717, 1.165) is 32.4 Å². The molecular formula is C14H27N3O2. The largest absolute Gasteiger partial charge is 0.373 e. The lowest BCUT2D eigenvalue weighted by atomic mass is 10.0. The Kier molecular flexibility index (Phi) is 7.67. The molecule has 0 saturated heterocycles. The minimum atomic E-state index is 0.398. The maximum absolute atomic E-state index is 5.40. The van der Waals surface area contributed by atoms with E-state index in [0.29, 0.717) is 30.3 Å². The Morgan fingerprint density at radius 2 is 2.11 bits per heavy atom. The van der Waals surface area contributed by atoms with E-state index in [1.165, 1.54) is 0 Å². The van der Waals surface area contributed by atoms with Crippen molar-refractivity contribution in [2.45, 2.75) is 59.6 Å². The van der Waals surface area contributed by atoms with Gasteiger partial charge in [0.25, 0.3) is 0 Å². The summed E-state index contributed by atoms with van der Waals surface area (Å²) < 4.78 is 10.7. The fraction of sp³-hybridized carbons (Fsp3) is 0.857. The first kappa shape index (κ1) is 16.1. The second kappa shape index (κ2) is 9.04. The van der Waals surface area contributed by atoms with Crippen LogP contribution < -0.4 is 5.32 Å². The van der Waals surface area contributed by atoms with Gasteiger partial charge in [0.15, 0.2) is 5.82 Å². The topological polar surface area (TPSA) is 60.2 Å². The van der Waals surface area contributed by atoms with Gasteiger partial charge in [0.05, 0.1) is 0 Å². The molecule has 1 heterocycles. The number of ether oxygens (including phenoxy) is 1. The maximum atomic E-state index is 5.40. The van der Waals surface area contributed by atoms with Crippen molar-refractivity contribution in [3.8, 4) is 0 Å². The van der Waals surface area contributed by atoms with E-state index in [9.17, 15) is 0 Å². The van der Waals surface area contributed by atoms with E-state index < -0.39 is 0 Å². The first-order chi connectivity index (χ1) is 9.15. The molecule has 0 aliphatic carbocycles. The van der Waals surface area contributed by atoms with Crippen molar-refractivity contribution in [3.63, 3.8) is 0 Å². The molecule has 1 atom stereocenters. The Morgan fingerprint density at radius 1 is 1.32 bits per heavy atom. The lowest BCUT2D eigenvalue weighted by Crippen LogP contribution is -2.32. The quantitative estimate of drug-likeness (QED) is 0.661. The molecule has 0 radical (unpaired) electrons. The molecule has 0 saturated carbocycles. The van der Waals surface area contributed by atoms with Crippen molar-refractivity contribution in [3.05, 3.63) is 11.7 Å². The summed E-state index contributed by atoms with van der Waals surface area (Å²) in [5.41, 5.74) is 0. The third-order valence-electron chi connectivity index (χ3n) is 2.76. The zero-order valence-electron chi connectivity index (χ0n) is 12.6. The molecule has 1 rings (SSSR count). The molecule has 0 aliphatic rings. The van der Waals surface area contributed by atoms with E-state index in [1.54, 1.807) is 0 Å². The summed E-state index contributed by atoms with van der Waals surface area (Å²) in [6, 6.07) is 0.398. The molecule has 0 bridgehead atoms. The predicted molar refractivity (Wildman–Crippen MR) is 74.9 cm³/mol. The van der Waals surface area contributed by atoms with E-state index in [2.05, 4.69) is 43.2 Å². The van der Waals surface area contributed by atoms with E-state index in [1.807, 2.05) is 0 Å². The minimum absolute atomic E-state index is 0.398. The summed E-state index contributed by atoms with van der Waals surface area (Å²) in [4.78, 5) is 4.37. The van der Waals surface area contributed by atoms with Gasteiger partial charge in [-0.15, -0.1) is 0 Å². The normalized spacial score (nSPS) is 13.1. The number of nitrogens with zero attached hydrogens (tertiary/aromatic N) is 2. The van der Waals surface area contributed by atoms with E-state index >= 15 is 0 Å². The lowest BCUT2D eigenvalue weighted by molar-refractivity contribution is 0.114. The third-order valence-corrected chi connectivity index (χ3v) is 2.76. The van der Waals surface area contributed by atoms with Crippen LogP contribution in [0.3, 0.4) is 0 Å². The van der Waals surface area contributed by atoms with Crippen LogP contribution in [0.4, 0.5) is 0 Å². The van der Waals surface area contributed by atoms with Crippen molar-refractivity contribution in [2.24, 2.45) is 5.92 Å². The molecule has 0 spiro atoms. The molecule has 5 heteroatoms. The van der Waals surface area contributed by atoms with Crippen molar-refractivity contribution in [1.82, 2.24) is 15.5 Å². The van der Waals surface area contributed by atoms with Crippen LogP contribution in [0.25, 0.3) is 0 Å². The highest BCUT2D eigenvalue weighted by molar-refractivity contribution is 4.88. The van der Waals surface area contributed by atoms with Crippen LogP contribution in [0.2, 0.25) is 0 Å². The van der Waals surface area contributed by atoms with E-state index in [4.69, 9.17) is 9.26 Å². The van der Waals surface area contributed by atoms with Crippen molar-refractivity contribution in [2.75, 3.05) is 13.2 Å². The van der Waals surface area contributed by atoms with Crippen LogP contribution in [0, 0.1) is 5.92 Å². The van der Waals surface area contributed by atoms with Gasteiger partial charge in [-0.25, -0.2) is 0 Å². The minimum Gasteiger partial charge on any atom is -0.373 e. The summed E-state index contributed by atoms with van der Waals surface area (Å²) in [6.45, 7) is 10.8. The summed E-state index contributed by atoms with van der Waals surface area (Å²) >= 11 is 0. The zero-order chi connectivity index (χ0) is 14.1. The molecule has 0 aliphatic heterocycles. The fourth-order valence-electron chi connectivity index (χ4n) is 2.05. The Balaban J connectivity index is 2.45. The lowest BCUT2D eigenvalue weighted by Gasteiger charge is -2.17. The zero-order valence-corrected chi connectivity index (χ0v) is 12.6. The van der Waals surface area contributed by atoms with Crippen molar-refractivity contribution in [1.29, 1.82) is 0 Å². The molecule has 1 unspecified atom stereocenters. The van der Waals surface area contributed by atoms with Gasteiger partial charge in [-0.3, -0.25) is 0 Å². The Labute approximate surface area is 116 Å². The number of aromatic nitrogens is 2. The SMILES string of the molecule is CCCOCc1noc(CC(CC(C)C)NCC)n1. The van der Waals surface area contributed by atoms with Gasteiger partial charge >= 0.3 is 0 Å². The van der Waals surface area contributed by atoms with Crippen LogP contribution in [-0.2, 0) is 17.8 Å². The molecule has 1 aromatic rings. The number of likely N-dealkylation sites (N-methyl/N-ethyl adjacent to an activating group) is 1. The summed E-state index contributed by atoms with van der Waals surface area (Å²) in [6.07, 6.45) is 2.90. The van der Waals surface area contributed by atoms with Gasteiger partial charge in [-0.05, 0) is 25.3 Å². The monoisotopic (exact) mass is 269 g/mol. The first-order valence-electron chi connectivity index (χ1n) is 7.28. The summed E-state index contributed by atoms with van der Waals surface area (Å²) in [5.74, 6) is 1.99. The average molecular weight is 269 g/mol. The van der Waals surface area contributed by atoms with E-state index in [-0.39, 0.29) is 0 Å². The number of rotatable bonds is 10. The molecular weight excluding hydrogens is 242 g/mol. The fourth-order valence-corrected chi connectivity index (χ4v) is 2.05. The summed E-state index contributed by atoms with van der Waals surface area (Å²) in [7, 11) is 0. The molecule has 0 aromatic carbocycles. The number of hydrogen-bond donors (Lipinski definition) is 1. The van der Waals surface area contributed by atoms with Gasteiger partial charge in [-0.1, -0.05) is 32.9 Å². The Morgan fingerprint density at radius 3 is 2.74 bits per heavy atom. The highest BCUT2D eigenvalue weighted by Crippen LogP contribution is 2.10. The second-order valence-corrected chi connectivity index (χ2v) is 5.25. The molecule has 0 fully saturated rings. The second-order valence-electron chi connectivity index (χ2n) is 5.25. The van der Waals surface area contributed by atoms with Gasteiger partial charge in [0.2, 0.25) is 5.89 Å². The van der Waals surface area contributed by atoms with Crippen LogP contribution in [-0.4, -0.2) is 29.3 Å².